The lowest BCUT2D eigenvalue weighted by atomic mass is 9.89. The summed E-state index contributed by atoms with van der Waals surface area (Å²) in [5, 5.41) is 4.05. The van der Waals surface area contributed by atoms with Crippen LogP contribution in [0.2, 0.25) is 0 Å². The van der Waals surface area contributed by atoms with Crippen LogP contribution in [-0.2, 0) is 17.6 Å². The predicted molar refractivity (Wildman–Crippen MR) is 131 cm³/mol. The molecule has 0 aliphatic heterocycles. The van der Waals surface area contributed by atoms with Crippen LogP contribution in [0.25, 0.3) is 0 Å². The third-order valence-electron chi connectivity index (χ3n) is 5.72. The average Bonchev–Trinajstić information content (AvgIpc) is 3.31. The smallest absolute Gasteiger partial charge is 0.413 e. The maximum absolute atomic E-state index is 11.3. The summed E-state index contributed by atoms with van der Waals surface area (Å²) in [5.74, 6) is 1.29. The van der Waals surface area contributed by atoms with E-state index in [-0.39, 0.29) is 10.8 Å². The fourth-order valence-corrected chi connectivity index (χ4v) is 6.82. The van der Waals surface area contributed by atoms with Crippen LogP contribution < -0.4 is 11.1 Å². The molecule has 0 fully saturated rings. The SMILES string of the molecule is CCC1Cc2nc(N)sc2C(Cl)C1.CCOC(=O)Nc1nc2c(s1)C(Cl)CC(CC)C2. The number of thiazole rings is 2. The first-order valence-corrected chi connectivity index (χ1v) is 13.3. The fourth-order valence-electron chi connectivity index (χ4n) is 3.97. The quantitative estimate of drug-likeness (QED) is 0.439. The Kier molecular flexibility index (Phi) is 8.84. The van der Waals surface area contributed by atoms with Crippen LogP contribution in [0.1, 0.15) is 78.4 Å². The summed E-state index contributed by atoms with van der Waals surface area (Å²) >= 11 is 15.6. The van der Waals surface area contributed by atoms with Crippen LogP contribution in [0.3, 0.4) is 0 Å². The van der Waals surface area contributed by atoms with E-state index < -0.39 is 6.09 Å². The number of nitrogens with zero attached hydrogens (tertiary/aromatic N) is 2. The van der Waals surface area contributed by atoms with Gasteiger partial charge in [0.05, 0.1) is 28.7 Å². The molecule has 2 aliphatic rings. The van der Waals surface area contributed by atoms with Crippen LogP contribution >= 0.6 is 45.9 Å². The minimum atomic E-state index is -0.457. The van der Waals surface area contributed by atoms with Gasteiger partial charge in [-0.3, -0.25) is 5.32 Å². The van der Waals surface area contributed by atoms with Gasteiger partial charge in [0, 0.05) is 9.75 Å². The van der Waals surface area contributed by atoms with E-state index >= 15 is 0 Å². The maximum Gasteiger partial charge on any atom is 0.413 e. The minimum absolute atomic E-state index is 0.0222. The molecule has 4 unspecified atom stereocenters. The number of carbonyl (C=O) groups excluding carboxylic acids is 1. The van der Waals surface area contributed by atoms with Gasteiger partial charge in [-0.05, 0) is 44.4 Å². The number of nitrogens with two attached hydrogens (primary N) is 1. The van der Waals surface area contributed by atoms with E-state index in [1.165, 1.54) is 22.6 Å². The van der Waals surface area contributed by atoms with Crippen molar-refractivity contribution in [2.45, 2.75) is 70.1 Å². The number of alkyl halides is 2. The van der Waals surface area contributed by atoms with E-state index in [0.717, 1.165) is 48.4 Å². The van der Waals surface area contributed by atoms with Gasteiger partial charge >= 0.3 is 6.09 Å². The van der Waals surface area contributed by atoms with Crippen molar-refractivity contribution in [2.75, 3.05) is 17.7 Å². The van der Waals surface area contributed by atoms with Gasteiger partial charge in [0.15, 0.2) is 10.3 Å². The highest BCUT2D eigenvalue weighted by Crippen LogP contribution is 2.43. The third-order valence-corrected chi connectivity index (χ3v) is 8.94. The summed E-state index contributed by atoms with van der Waals surface area (Å²) in [4.78, 5) is 22.4. The Labute approximate surface area is 201 Å². The summed E-state index contributed by atoms with van der Waals surface area (Å²) in [6.45, 7) is 6.50. The highest BCUT2D eigenvalue weighted by Gasteiger charge is 2.29. The van der Waals surface area contributed by atoms with Gasteiger partial charge in [-0.15, -0.1) is 34.5 Å². The van der Waals surface area contributed by atoms with Crippen LogP contribution in [0.4, 0.5) is 15.1 Å². The third kappa shape index (κ3) is 6.24. The van der Waals surface area contributed by atoms with Gasteiger partial charge in [-0.1, -0.05) is 38.0 Å². The molecule has 0 saturated carbocycles. The molecule has 31 heavy (non-hydrogen) atoms. The van der Waals surface area contributed by atoms with Crippen LogP contribution in [0.5, 0.6) is 0 Å². The molecule has 10 heteroatoms. The van der Waals surface area contributed by atoms with Crippen molar-refractivity contribution in [2.24, 2.45) is 11.8 Å². The topological polar surface area (TPSA) is 90.1 Å². The Balaban J connectivity index is 0.000000185. The first kappa shape index (κ1) is 24.6. The number of nitrogen functional groups attached to an aromatic ring is 1. The molecule has 0 spiro atoms. The van der Waals surface area contributed by atoms with Crippen LogP contribution in [-0.4, -0.2) is 22.7 Å². The molecule has 1 amide bonds. The second-order valence-electron chi connectivity index (χ2n) is 7.90. The molecule has 2 aliphatic carbocycles. The van der Waals surface area contributed by atoms with Gasteiger partial charge in [0.1, 0.15) is 0 Å². The second-order valence-corrected chi connectivity index (χ2v) is 11.0. The van der Waals surface area contributed by atoms with Crippen molar-refractivity contribution in [3.05, 3.63) is 21.1 Å². The highest BCUT2D eigenvalue weighted by molar-refractivity contribution is 7.16. The molecule has 2 heterocycles. The summed E-state index contributed by atoms with van der Waals surface area (Å²) < 4.78 is 4.83. The molecule has 2 aromatic rings. The Morgan fingerprint density at radius 1 is 1.03 bits per heavy atom. The maximum atomic E-state index is 11.3. The van der Waals surface area contributed by atoms with E-state index in [1.54, 1.807) is 18.3 Å². The number of halogens is 2. The molecule has 0 saturated heterocycles. The van der Waals surface area contributed by atoms with E-state index in [0.29, 0.717) is 28.7 Å². The molecule has 172 valence electrons. The highest BCUT2D eigenvalue weighted by atomic mass is 35.5. The standard InChI is InChI=1S/C12H17ClN2O2S.C9H13ClN2S/c1-3-7-5-8(13)10-9(6-7)14-11(18-10)15-12(16)17-4-2;1-2-5-3-6(10)8-7(4-5)12-9(11)13-8/h7-8H,3-6H2,1-2H3,(H,14,15,16);5-6H,2-4H2,1H3,(H2,11,12). The lowest BCUT2D eigenvalue weighted by molar-refractivity contribution is 0.168. The van der Waals surface area contributed by atoms with Gasteiger partial charge < -0.3 is 10.5 Å². The Morgan fingerprint density at radius 3 is 2.13 bits per heavy atom. The zero-order valence-electron chi connectivity index (χ0n) is 18.1. The van der Waals surface area contributed by atoms with E-state index in [2.05, 4.69) is 29.1 Å². The lowest BCUT2D eigenvalue weighted by Crippen LogP contribution is -2.14. The predicted octanol–water partition coefficient (Wildman–Crippen LogP) is 6.94. The molecule has 6 nitrogen and oxygen atoms in total. The molecular weight excluding hydrogens is 475 g/mol. The number of fused-ring (bicyclic) bond motifs is 2. The molecule has 3 N–H and O–H groups in total. The average molecular weight is 506 g/mol. The molecule has 0 aromatic carbocycles. The van der Waals surface area contributed by atoms with Crippen molar-refractivity contribution < 1.29 is 9.53 Å². The number of hydrogen-bond acceptors (Lipinski definition) is 7. The molecule has 2 aromatic heterocycles. The Bertz CT molecular complexity index is 889. The van der Waals surface area contributed by atoms with Crippen LogP contribution in [0, 0.1) is 11.8 Å². The molecular formula is C21H30Cl2N4O2S2. The second kappa shape index (κ2) is 11.2. The first-order valence-electron chi connectivity index (χ1n) is 10.8. The van der Waals surface area contributed by atoms with Gasteiger partial charge in [0.25, 0.3) is 0 Å². The van der Waals surface area contributed by atoms with E-state index in [9.17, 15) is 4.79 Å². The number of rotatable bonds is 4. The van der Waals surface area contributed by atoms with E-state index in [1.807, 2.05) is 0 Å². The van der Waals surface area contributed by atoms with Crippen molar-refractivity contribution in [1.82, 2.24) is 9.97 Å². The summed E-state index contributed by atoms with van der Waals surface area (Å²) in [5.41, 5.74) is 7.83. The number of amides is 1. The molecule has 0 bridgehead atoms. The normalized spacial score (nSPS) is 24.4. The zero-order chi connectivity index (χ0) is 22.5. The van der Waals surface area contributed by atoms with Crippen molar-refractivity contribution in [1.29, 1.82) is 0 Å². The lowest BCUT2D eigenvalue weighted by Gasteiger charge is -2.23. The molecule has 4 atom stereocenters. The van der Waals surface area contributed by atoms with Gasteiger partial charge in [-0.2, -0.15) is 0 Å². The summed E-state index contributed by atoms with van der Waals surface area (Å²) in [6.07, 6.45) is 5.92. The Morgan fingerprint density at radius 2 is 1.58 bits per heavy atom. The zero-order valence-corrected chi connectivity index (χ0v) is 21.3. The summed E-state index contributed by atoms with van der Waals surface area (Å²) in [7, 11) is 0. The monoisotopic (exact) mass is 504 g/mol. The van der Waals surface area contributed by atoms with Crippen molar-refractivity contribution in [3.8, 4) is 0 Å². The largest absolute Gasteiger partial charge is 0.450 e. The number of hydrogen-bond donors (Lipinski definition) is 2. The number of ether oxygens (including phenoxy) is 1. The first-order chi connectivity index (χ1) is 14.8. The number of carbonyl (C=O) groups is 1. The van der Waals surface area contributed by atoms with Gasteiger partial charge in [0.2, 0.25) is 0 Å². The minimum Gasteiger partial charge on any atom is -0.450 e. The Hall–Kier alpha value is -1.09. The fraction of sp³-hybridized carbons (Fsp3) is 0.667. The summed E-state index contributed by atoms with van der Waals surface area (Å²) in [6, 6.07) is 0. The molecule has 0 radical (unpaired) electrons. The number of nitrogens with one attached hydrogen (secondary N) is 1. The van der Waals surface area contributed by atoms with Crippen molar-refractivity contribution >= 4 is 62.2 Å². The van der Waals surface area contributed by atoms with Crippen molar-refractivity contribution in [3.63, 3.8) is 0 Å². The van der Waals surface area contributed by atoms with Crippen LogP contribution in [0.15, 0.2) is 0 Å². The molecule has 4 rings (SSSR count). The number of anilines is 2. The number of aromatic nitrogens is 2. The van der Waals surface area contributed by atoms with Gasteiger partial charge in [-0.25, -0.2) is 14.8 Å². The van der Waals surface area contributed by atoms with E-state index in [4.69, 9.17) is 33.7 Å².